The largest absolute Gasteiger partial charge is 0.453 e. The van der Waals surface area contributed by atoms with E-state index in [1.54, 1.807) is 0 Å². The predicted octanol–water partition coefficient (Wildman–Crippen LogP) is 2.23. The van der Waals surface area contributed by atoms with E-state index in [-0.39, 0.29) is 18.6 Å². The molecule has 0 aromatic heterocycles. The van der Waals surface area contributed by atoms with Gasteiger partial charge in [-0.2, -0.15) is 13.2 Å². The summed E-state index contributed by atoms with van der Waals surface area (Å²) < 4.78 is 45.9. The van der Waals surface area contributed by atoms with Gasteiger partial charge in [0.15, 0.2) is 0 Å². The Morgan fingerprint density at radius 1 is 1.53 bits per heavy atom. The summed E-state index contributed by atoms with van der Waals surface area (Å²) in [7, 11) is 1.17. The molecule has 3 atom stereocenters. The molecule has 0 aromatic carbocycles. The van der Waals surface area contributed by atoms with Gasteiger partial charge in [0, 0.05) is 6.42 Å². The zero-order chi connectivity index (χ0) is 13.1. The van der Waals surface area contributed by atoms with Crippen molar-refractivity contribution < 1.29 is 27.4 Å². The van der Waals surface area contributed by atoms with Crippen LogP contribution in [-0.4, -0.2) is 37.6 Å². The summed E-state index contributed by atoms with van der Waals surface area (Å²) in [6.45, 7) is 1.88. The van der Waals surface area contributed by atoms with Gasteiger partial charge in [0.25, 0.3) is 0 Å². The molecule has 1 fully saturated rings. The summed E-state index contributed by atoms with van der Waals surface area (Å²) in [5.74, 6) is 0. The quantitative estimate of drug-likeness (QED) is 0.766. The number of carbonyl (C=O) groups is 1. The van der Waals surface area contributed by atoms with Crippen molar-refractivity contribution in [3.63, 3.8) is 0 Å². The molecule has 17 heavy (non-hydrogen) atoms. The summed E-state index contributed by atoms with van der Waals surface area (Å²) in [5.41, 5.74) is 0. The maximum atomic E-state index is 12.1. The molecule has 1 N–H and O–H groups in total. The van der Waals surface area contributed by atoms with E-state index in [2.05, 4.69) is 10.1 Å². The first-order chi connectivity index (χ1) is 7.87. The first kappa shape index (κ1) is 14.1. The Morgan fingerprint density at radius 3 is 2.59 bits per heavy atom. The first-order valence-corrected chi connectivity index (χ1v) is 5.44. The Kier molecular flexibility index (Phi) is 4.62. The second-order valence-electron chi connectivity index (χ2n) is 3.94. The third-order valence-corrected chi connectivity index (χ3v) is 2.65. The molecule has 1 heterocycles. The maximum Gasteiger partial charge on any atom is 0.407 e. The zero-order valence-corrected chi connectivity index (χ0v) is 9.71. The Labute approximate surface area is 97.5 Å². The number of ether oxygens (including phenoxy) is 2. The number of halogens is 3. The molecule has 0 aliphatic carbocycles. The van der Waals surface area contributed by atoms with Gasteiger partial charge in [-0.1, -0.05) is 6.92 Å². The number of methoxy groups -OCH3 is 1. The highest BCUT2D eigenvalue weighted by atomic mass is 19.4. The minimum atomic E-state index is -4.23. The standard InChI is InChI=1S/C10H16F3NO3/c1-3-7-8(17-7)6(14-9(15)16-2)4-5-10(11,12)13/h6-8H,3-5H2,1-2H3,(H,14,15). The molecule has 1 saturated heterocycles. The highest BCUT2D eigenvalue weighted by molar-refractivity contribution is 5.67. The third-order valence-electron chi connectivity index (χ3n) is 2.65. The molecular formula is C10H16F3NO3. The molecule has 4 nitrogen and oxygen atoms in total. The summed E-state index contributed by atoms with van der Waals surface area (Å²) >= 11 is 0. The van der Waals surface area contributed by atoms with Crippen molar-refractivity contribution >= 4 is 6.09 Å². The van der Waals surface area contributed by atoms with E-state index in [4.69, 9.17) is 4.74 Å². The van der Waals surface area contributed by atoms with Crippen LogP contribution in [0.5, 0.6) is 0 Å². The second-order valence-corrected chi connectivity index (χ2v) is 3.94. The zero-order valence-electron chi connectivity index (χ0n) is 9.71. The van der Waals surface area contributed by atoms with Gasteiger partial charge in [0.2, 0.25) is 0 Å². The van der Waals surface area contributed by atoms with Gasteiger partial charge in [-0.25, -0.2) is 4.79 Å². The molecule has 0 saturated carbocycles. The van der Waals surface area contributed by atoms with E-state index in [9.17, 15) is 18.0 Å². The van der Waals surface area contributed by atoms with Crippen molar-refractivity contribution in [1.29, 1.82) is 0 Å². The van der Waals surface area contributed by atoms with Crippen LogP contribution in [0, 0.1) is 0 Å². The lowest BCUT2D eigenvalue weighted by atomic mass is 10.0. The van der Waals surface area contributed by atoms with Crippen molar-refractivity contribution in [2.75, 3.05) is 7.11 Å². The lowest BCUT2D eigenvalue weighted by molar-refractivity contribution is -0.136. The molecule has 0 radical (unpaired) electrons. The maximum absolute atomic E-state index is 12.1. The van der Waals surface area contributed by atoms with Gasteiger partial charge in [0.05, 0.1) is 19.3 Å². The molecule has 3 unspecified atom stereocenters. The Balaban J connectivity index is 2.45. The number of alkyl halides is 3. The van der Waals surface area contributed by atoms with E-state index in [0.29, 0.717) is 0 Å². The van der Waals surface area contributed by atoms with Crippen LogP contribution in [0.3, 0.4) is 0 Å². The number of nitrogens with one attached hydrogen (secondary N) is 1. The van der Waals surface area contributed by atoms with E-state index in [1.807, 2.05) is 6.92 Å². The van der Waals surface area contributed by atoms with Crippen LogP contribution in [0.4, 0.5) is 18.0 Å². The van der Waals surface area contributed by atoms with Gasteiger partial charge >= 0.3 is 12.3 Å². The highest BCUT2D eigenvalue weighted by Gasteiger charge is 2.45. The second kappa shape index (κ2) is 5.57. The van der Waals surface area contributed by atoms with Gasteiger partial charge in [-0.3, -0.25) is 0 Å². The molecule has 1 amide bonds. The lowest BCUT2D eigenvalue weighted by Crippen LogP contribution is -2.40. The Bertz CT molecular complexity index is 270. The number of carbonyl (C=O) groups excluding carboxylic acids is 1. The summed E-state index contributed by atoms with van der Waals surface area (Å²) in [5, 5.41) is 2.38. The van der Waals surface area contributed by atoms with Gasteiger partial charge in [-0.15, -0.1) is 0 Å². The minimum absolute atomic E-state index is 0.0645. The van der Waals surface area contributed by atoms with Gasteiger partial charge < -0.3 is 14.8 Å². The van der Waals surface area contributed by atoms with E-state index >= 15 is 0 Å². The van der Waals surface area contributed by atoms with Gasteiger partial charge in [-0.05, 0) is 12.8 Å². The number of amides is 1. The summed E-state index contributed by atoms with van der Waals surface area (Å²) in [6, 6.07) is -0.644. The van der Waals surface area contributed by atoms with Crippen LogP contribution in [0.1, 0.15) is 26.2 Å². The molecule has 7 heteroatoms. The molecule has 1 rings (SSSR count). The number of alkyl carbamates (subject to hydrolysis) is 1. The fourth-order valence-corrected chi connectivity index (χ4v) is 1.69. The normalized spacial score (nSPS) is 25.2. The lowest BCUT2D eigenvalue weighted by Gasteiger charge is -2.17. The first-order valence-electron chi connectivity index (χ1n) is 5.44. The van der Waals surface area contributed by atoms with E-state index < -0.39 is 24.7 Å². The Morgan fingerprint density at radius 2 is 2.18 bits per heavy atom. The van der Waals surface area contributed by atoms with E-state index in [0.717, 1.165) is 6.42 Å². The molecule has 100 valence electrons. The number of epoxide rings is 1. The smallest absolute Gasteiger partial charge is 0.407 e. The minimum Gasteiger partial charge on any atom is -0.453 e. The molecule has 0 spiro atoms. The summed E-state index contributed by atoms with van der Waals surface area (Å²) in [4.78, 5) is 11.0. The molecule has 1 aliphatic rings. The van der Waals surface area contributed by atoms with Crippen LogP contribution >= 0.6 is 0 Å². The average molecular weight is 255 g/mol. The fraction of sp³-hybridized carbons (Fsp3) is 0.900. The molecule has 1 aliphatic heterocycles. The number of hydrogen-bond acceptors (Lipinski definition) is 3. The molecular weight excluding hydrogens is 239 g/mol. The third kappa shape index (κ3) is 4.80. The van der Waals surface area contributed by atoms with Crippen LogP contribution in [-0.2, 0) is 9.47 Å². The number of rotatable bonds is 5. The topological polar surface area (TPSA) is 50.9 Å². The van der Waals surface area contributed by atoms with Crippen molar-refractivity contribution in [3.8, 4) is 0 Å². The monoisotopic (exact) mass is 255 g/mol. The van der Waals surface area contributed by atoms with Crippen LogP contribution in [0.25, 0.3) is 0 Å². The number of hydrogen-bond donors (Lipinski definition) is 1. The Hall–Kier alpha value is -0.980. The van der Waals surface area contributed by atoms with Crippen molar-refractivity contribution in [2.24, 2.45) is 0 Å². The van der Waals surface area contributed by atoms with Crippen molar-refractivity contribution in [2.45, 2.75) is 50.6 Å². The molecule has 0 bridgehead atoms. The van der Waals surface area contributed by atoms with E-state index in [1.165, 1.54) is 7.11 Å². The summed E-state index contributed by atoms with van der Waals surface area (Å²) in [6.07, 6.45) is -5.78. The van der Waals surface area contributed by atoms with Crippen molar-refractivity contribution in [1.82, 2.24) is 5.32 Å². The SMILES string of the molecule is CCC1OC1C(CCC(F)(F)F)NC(=O)OC. The van der Waals surface area contributed by atoms with Crippen LogP contribution < -0.4 is 5.32 Å². The van der Waals surface area contributed by atoms with Crippen LogP contribution in [0.2, 0.25) is 0 Å². The van der Waals surface area contributed by atoms with Gasteiger partial charge in [0.1, 0.15) is 6.10 Å². The average Bonchev–Trinajstić information content (AvgIpc) is 3.01. The predicted molar refractivity (Wildman–Crippen MR) is 53.6 cm³/mol. The molecule has 0 aromatic rings. The highest BCUT2D eigenvalue weighted by Crippen LogP contribution is 2.32. The van der Waals surface area contributed by atoms with Crippen LogP contribution in [0.15, 0.2) is 0 Å². The van der Waals surface area contributed by atoms with Crippen molar-refractivity contribution in [3.05, 3.63) is 0 Å². The fourth-order valence-electron chi connectivity index (χ4n) is 1.69.